The molecule has 0 fully saturated rings. The Balaban J connectivity index is 3.13. The lowest BCUT2D eigenvalue weighted by Gasteiger charge is -1.96. The van der Waals surface area contributed by atoms with Crippen LogP contribution in [-0.2, 0) is 6.54 Å². The molecule has 3 heteroatoms. The molecule has 0 bridgehead atoms. The minimum atomic E-state index is 0.399. The van der Waals surface area contributed by atoms with Crippen LogP contribution in [0.2, 0.25) is 0 Å². The van der Waals surface area contributed by atoms with Crippen molar-refractivity contribution < 1.29 is 0 Å². The summed E-state index contributed by atoms with van der Waals surface area (Å²) in [5.41, 5.74) is 8.45. The SMILES string of the molecule is CCn1nc(C)c(C#CCN)c1C. The summed E-state index contributed by atoms with van der Waals surface area (Å²) in [5.74, 6) is 5.89. The topological polar surface area (TPSA) is 43.8 Å². The molecule has 70 valence electrons. The van der Waals surface area contributed by atoms with Crippen LogP contribution in [0.15, 0.2) is 0 Å². The highest BCUT2D eigenvalue weighted by Gasteiger charge is 2.06. The van der Waals surface area contributed by atoms with Gasteiger partial charge in [0.25, 0.3) is 0 Å². The molecule has 0 aromatic carbocycles. The summed E-state index contributed by atoms with van der Waals surface area (Å²) in [4.78, 5) is 0. The molecule has 0 aliphatic heterocycles. The van der Waals surface area contributed by atoms with Crippen LogP contribution < -0.4 is 5.73 Å². The fourth-order valence-electron chi connectivity index (χ4n) is 1.33. The molecular formula is C10H15N3. The van der Waals surface area contributed by atoms with Crippen LogP contribution in [0.4, 0.5) is 0 Å². The largest absolute Gasteiger partial charge is 0.320 e. The quantitative estimate of drug-likeness (QED) is 0.646. The molecule has 13 heavy (non-hydrogen) atoms. The van der Waals surface area contributed by atoms with E-state index in [1.807, 2.05) is 18.5 Å². The Hall–Kier alpha value is -1.27. The van der Waals surface area contributed by atoms with Crippen LogP contribution in [0, 0.1) is 25.7 Å². The third kappa shape index (κ3) is 1.90. The predicted octanol–water partition coefficient (Wildman–Crippen LogP) is 0.830. The molecule has 2 N–H and O–H groups in total. The lowest BCUT2D eigenvalue weighted by Crippen LogP contribution is -1.98. The smallest absolute Gasteiger partial charge is 0.0753 e. The van der Waals surface area contributed by atoms with E-state index in [1.165, 1.54) is 0 Å². The predicted molar refractivity (Wildman–Crippen MR) is 53.3 cm³/mol. The first-order valence-corrected chi connectivity index (χ1v) is 4.43. The Morgan fingerprint density at radius 3 is 2.62 bits per heavy atom. The van der Waals surface area contributed by atoms with Crippen LogP contribution in [0.5, 0.6) is 0 Å². The average Bonchev–Trinajstić information content (AvgIpc) is 2.39. The van der Waals surface area contributed by atoms with Crippen molar-refractivity contribution >= 4 is 0 Å². The Morgan fingerprint density at radius 2 is 2.15 bits per heavy atom. The van der Waals surface area contributed by atoms with Crippen LogP contribution in [0.25, 0.3) is 0 Å². The summed E-state index contributed by atoms with van der Waals surface area (Å²) >= 11 is 0. The van der Waals surface area contributed by atoms with E-state index >= 15 is 0 Å². The number of rotatable bonds is 1. The molecular weight excluding hydrogens is 162 g/mol. The number of hydrogen-bond donors (Lipinski definition) is 1. The van der Waals surface area contributed by atoms with Crippen molar-refractivity contribution in [2.24, 2.45) is 5.73 Å². The molecule has 0 aliphatic carbocycles. The Kier molecular flexibility index (Phi) is 3.10. The normalized spacial score (nSPS) is 9.54. The molecule has 0 spiro atoms. The maximum atomic E-state index is 5.31. The molecule has 1 heterocycles. The molecule has 0 unspecified atom stereocenters. The second-order valence-electron chi connectivity index (χ2n) is 2.87. The standard InChI is InChI=1S/C10H15N3/c1-4-13-9(3)10(6-5-7-11)8(2)12-13/h4,7,11H2,1-3H3. The van der Waals surface area contributed by atoms with Crippen molar-refractivity contribution in [3.05, 3.63) is 17.0 Å². The molecule has 3 nitrogen and oxygen atoms in total. The van der Waals surface area contributed by atoms with Crippen molar-refractivity contribution in [1.29, 1.82) is 0 Å². The third-order valence-corrected chi connectivity index (χ3v) is 2.00. The first kappa shape index (κ1) is 9.82. The van der Waals surface area contributed by atoms with E-state index in [2.05, 4.69) is 23.9 Å². The van der Waals surface area contributed by atoms with Crippen LogP contribution in [0.3, 0.4) is 0 Å². The fraction of sp³-hybridized carbons (Fsp3) is 0.500. The summed E-state index contributed by atoms with van der Waals surface area (Å²) in [6.07, 6.45) is 0. The van der Waals surface area contributed by atoms with Gasteiger partial charge in [0.2, 0.25) is 0 Å². The van der Waals surface area contributed by atoms with Crippen molar-refractivity contribution in [3.8, 4) is 11.8 Å². The average molecular weight is 177 g/mol. The van der Waals surface area contributed by atoms with E-state index in [0.29, 0.717) is 6.54 Å². The van der Waals surface area contributed by atoms with Gasteiger partial charge in [0, 0.05) is 6.54 Å². The molecule has 0 radical (unpaired) electrons. The second kappa shape index (κ2) is 4.11. The van der Waals surface area contributed by atoms with E-state index in [1.54, 1.807) is 0 Å². The highest BCUT2D eigenvalue weighted by Crippen LogP contribution is 2.10. The summed E-state index contributed by atoms with van der Waals surface area (Å²) < 4.78 is 1.95. The molecule has 1 aromatic rings. The number of hydrogen-bond acceptors (Lipinski definition) is 2. The van der Waals surface area contributed by atoms with Gasteiger partial charge in [-0.2, -0.15) is 5.10 Å². The van der Waals surface area contributed by atoms with E-state index in [9.17, 15) is 0 Å². The number of aryl methyl sites for hydroxylation is 2. The summed E-state index contributed by atoms with van der Waals surface area (Å²) in [6, 6.07) is 0. The van der Waals surface area contributed by atoms with Gasteiger partial charge in [0.15, 0.2) is 0 Å². The lowest BCUT2D eigenvalue weighted by atomic mass is 10.2. The van der Waals surface area contributed by atoms with Crippen molar-refractivity contribution in [3.63, 3.8) is 0 Å². The summed E-state index contributed by atoms with van der Waals surface area (Å²) in [6.45, 7) is 7.36. The van der Waals surface area contributed by atoms with Gasteiger partial charge in [-0.1, -0.05) is 11.8 Å². The van der Waals surface area contributed by atoms with Gasteiger partial charge >= 0.3 is 0 Å². The molecule has 0 saturated heterocycles. The minimum absolute atomic E-state index is 0.399. The van der Waals surface area contributed by atoms with Gasteiger partial charge < -0.3 is 5.73 Å². The van der Waals surface area contributed by atoms with E-state index in [4.69, 9.17) is 5.73 Å². The van der Waals surface area contributed by atoms with E-state index < -0.39 is 0 Å². The summed E-state index contributed by atoms with van der Waals surface area (Å²) in [7, 11) is 0. The lowest BCUT2D eigenvalue weighted by molar-refractivity contribution is 0.634. The highest BCUT2D eigenvalue weighted by atomic mass is 15.3. The van der Waals surface area contributed by atoms with Crippen LogP contribution >= 0.6 is 0 Å². The van der Waals surface area contributed by atoms with E-state index in [-0.39, 0.29) is 0 Å². The minimum Gasteiger partial charge on any atom is -0.320 e. The number of nitrogens with zero attached hydrogens (tertiary/aromatic N) is 2. The van der Waals surface area contributed by atoms with Gasteiger partial charge in [-0.25, -0.2) is 0 Å². The Morgan fingerprint density at radius 1 is 1.46 bits per heavy atom. The van der Waals surface area contributed by atoms with Gasteiger partial charge in [-0.3, -0.25) is 4.68 Å². The molecule has 1 rings (SSSR count). The number of aromatic nitrogens is 2. The zero-order valence-electron chi connectivity index (χ0n) is 8.39. The van der Waals surface area contributed by atoms with Gasteiger partial charge in [-0.15, -0.1) is 0 Å². The van der Waals surface area contributed by atoms with Crippen LogP contribution in [-0.4, -0.2) is 16.3 Å². The van der Waals surface area contributed by atoms with Gasteiger partial charge in [0.05, 0.1) is 23.5 Å². The fourth-order valence-corrected chi connectivity index (χ4v) is 1.33. The van der Waals surface area contributed by atoms with Gasteiger partial charge in [0.1, 0.15) is 0 Å². The molecule has 0 atom stereocenters. The van der Waals surface area contributed by atoms with E-state index in [0.717, 1.165) is 23.5 Å². The maximum absolute atomic E-state index is 5.31. The van der Waals surface area contributed by atoms with Gasteiger partial charge in [-0.05, 0) is 20.8 Å². The monoisotopic (exact) mass is 177 g/mol. The zero-order valence-corrected chi connectivity index (χ0v) is 8.39. The third-order valence-electron chi connectivity index (χ3n) is 2.00. The molecule has 0 saturated carbocycles. The number of nitrogens with two attached hydrogens (primary N) is 1. The van der Waals surface area contributed by atoms with Crippen LogP contribution in [0.1, 0.15) is 23.9 Å². The summed E-state index contributed by atoms with van der Waals surface area (Å²) in [5, 5.41) is 4.35. The first-order valence-electron chi connectivity index (χ1n) is 4.43. The molecule has 0 amide bonds. The van der Waals surface area contributed by atoms with Crippen molar-refractivity contribution in [2.45, 2.75) is 27.3 Å². The Bertz CT molecular complexity index is 352. The van der Waals surface area contributed by atoms with Crippen molar-refractivity contribution in [1.82, 2.24) is 9.78 Å². The Labute approximate surface area is 78.9 Å². The zero-order chi connectivity index (χ0) is 9.84. The van der Waals surface area contributed by atoms with Crippen molar-refractivity contribution in [2.75, 3.05) is 6.54 Å². The molecule has 1 aromatic heterocycles. The highest BCUT2D eigenvalue weighted by molar-refractivity contribution is 5.41. The second-order valence-corrected chi connectivity index (χ2v) is 2.87. The maximum Gasteiger partial charge on any atom is 0.0753 e. The first-order chi connectivity index (χ1) is 6.20. The molecule has 0 aliphatic rings.